The Balaban J connectivity index is 2.44. The van der Waals surface area contributed by atoms with Crippen LogP contribution in [0.15, 0.2) is 24.4 Å². The monoisotopic (exact) mass is 244 g/mol. The van der Waals surface area contributed by atoms with Gasteiger partial charge >= 0.3 is 0 Å². The topological polar surface area (TPSA) is 25.8 Å². The van der Waals surface area contributed by atoms with Gasteiger partial charge in [-0.15, -0.1) is 0 Å². The highest BCUT2D eigenvalue weighted by molar-refractivity contribution is 8.35. The minimum absolute atomic E-state index is 0.775. The van der Waals surface area contributed by atoms with Gasteiger partial charge in [0.2, 0.25) is 0 Å². The molecule has 1 aromatic carbocycles. The Morgan fingerprint density at radius 1 is 1.18 bits per heavy atom. The number of aromatic nitrogens is 2. The summed E-state index contributed by atoms with van der Waals surface area (Å²) < 4.78 is 0. The van der Waals surface area contributed by atoms with Gasteiger partial charge in [0.05, 0.1) is 5.52 Å². The molecule has 0 amide bonds. The highest BCUT2D eigenvalue weighted by atomic mass is 32.3. The molecule has 0 saturated carbocycles. The highest BCUT2D eigenvalue weighted by Gasteiger charge is 1.99. The summed E-state index contributed by atoms with van der Waals surface area (Å²) >= 11 is 0. The quantitative estimate of drug-likeness (QED) is 0.666. The van der Waals surface area contributed by atoms with E-state index in [2.05, 4.69) is 39.9 Å². The van der Waals surface area contributed by atoms with Gasteiger partial charge in [-0.25, -0.2) is 9.97 Å². The minimum Gasteiger partial charge on any atom is -0.241 e. The Morgan fingerprint density at radius 2 is 1.94 bits per heavy atom. The van der Waals surface area contributed by atoms with Crippen molar-refractivity contribution in [3.8, 4) is 11.2 Å². The van der Waals surface area contributed by atoms with Crippen LogP contribution in [0, 0.1) is 18.1 Å². The second kappa shape index (κ2) is 4.38. The van der Waals surface area contributed by atoms with Crippen LogP contribution in [0.5, 0.6) is 0 Å². The fraction of sp³-hybridized carbons (Fsp3) is 0.286. The average Bonchev–Trinajstić information content (AvgIpc) is 2.25. The Bertz CT molecular complexity index is 615. The number of hydrogen-bond acceptors (Lipinski definition) is 2. The maximum atomic E-state index is 4.37. The first-order chi connectivity index (χ1) is 7.94. The van der Waals surface area contributed by atoms with E-state index in [0.29, 0.717) is 0 Å². The van der Waals surface area contributed by atoms with Gasteiger partial charge in [0.25, 0.3) is 0 Å². The molecular formula is C14H16N2S. The van der Waals surface area contributed by atoms with Crippen molar-refractivity contribution in [2.75, 3.05) is 18.8 Å². The number of hydrogen-bond donors (Lipinski definition) is 0. The third-order valence-corrected chi connectivity index (χ3v) is 2.92. The summed E-state index contributed by atoms with van der Waals surface area (Å²) in [6, 6.07) is 6.08. The maximum Gasteiger partial charge on any atom is 0.125 e. The SMILES string of the molecule is Cc1ncc2cc(C#CS(C)(C)C)ccc2n1. The summed E-state index contributed by atoms with van der Waals surface area (Å²) in [6.45, 7) is 1.90. The molecule has 0 radical (unpaired) electrons. The smallest absolute Gasteiger partial charge is 0.125 e. The van der Waals surface area contributed by atoms with Crippen LogP contribution in [-0.2, 0) is 0 Å². The molecule has 0 atom stereocenters. The molecule has 0 fully saturated rings. The van der Waals surface area contributed by atoms with Crippen molar-refractivity contribution in [1.82, 2.24) is 9.97 Å². The van der Waals surface area contributed by atoms with Crippen molar-refractivity contribution in [2.45, 2.75) is 6.92 Å². The summed E-state index contributed by atoms with van der Waals surface area (Å²) in [5.41, 5.74) is 2.01. The zero-order valence-electron chi connectivity index (χ0n) is 10.6. The Hall–Kier alpha value is -1.53. The average molecular weight is 244 g/mol. The van der Waals surface area contributed by atoms with Crippen LogP contribution in [-0.4, -0.2) is 28.7 Å². The molecule has 17 heavy (non-hydrogen) atoms. The van der Waals surface area contributed by atoms with Crippen LogP contribution < -0.4 is 0 Å². The van der Waals surface area contributed by atoms with Gasteiger partial charge in [-0.3, -0.25) is 0 Å². The molecule has 0 N–H and O–H groups in total. The largest absolute Gasteiger partial charge is 0.241 e. The lowest BCUT2D eigenvalue weighted by atomic mass is 10.1. The van der Waals surface area contributed by atoms with Crippen LogP contribution >= 0.6 is 10.0 Å². The van der Waals surface area contributed by atoms with Crippen LogP contribution in [0.25, 0.3) is 10.9 Å². The number of benzene rings is 1. The fourth-order valence-electron chi connectivity index (χ4n) is 1.42. The Morgan fingerprint density at radius 3 is 2.65 bits per heavy atom. The third-order valence-electron chi connectivity index (χ3n) is 2.20. The third kappa shape index (κ3) is 3.21. The molecule has 0 aliphatic heterocycles. The van der Waals surface area contributed by atoms with Gasteiger partial charge in [-0.1, -0.05) is 5.92 Å². The van der Waals surface area contributed by atoms with Crippen molar-refractivity contribution in [3.63, 3.8) is 0 Å². The van der Waals surface area contributed by atoms with Gasteiger partial charge in [0.1, 0.15) is 5.82 Å². The normalized spacial score (nSPS) is 12.0. The molecule has 0 unspecified atom stereocenters. The zero-order chi connectivity index (χ0) is 12.5. The van der Waals surface area contributed by atoms with E-state index in [1.807, 2.05) is 31.3 Å². The zero-order valence-corrected chi connectivity index (χ0v) is 11.4. The number of aryl methyl sites for hydroxylation is 1. The van der Waals surface area contributed by atoms with Crippen molar-refractivity contribution >= 4 is 20.9 Å². The predicted molar refractivity (Wildman–Crippen MR) is 76.5 cm³/mol. The van der Waals surface area contributed by atoms with Crippen molar-refractivity contribution in [2.24, 2.45) is 0 Å². The standard InChI is InChI=1S/C14H16N2S/c1-11-15-10-13-9-12(5-6-14(13)16-11)7-8-17(2,3)4/h5-6,9-10H,1-4H3. The first kappa shape index (κ1) is 11.9. The maximum absolute atomic E-state index is 4.37. The molecule has 3 heteroatoms. The van der Waals surface area contributed by atoms with E-state index in [0.717, 1.165) is 22.3 Å². The van der Waals surface area contributed by atoms with Gasteiger partial charge in [-0.2, -0.15) is 10.0 Å². The van der Waals surface area contributed by atoms with Gasteiger partial charge in [0, 0.05) is 17.1 Å². The molecule has 1 aromatic heterocycles. The second-order valence-corrected chi connectivity index (χ2v) is 8.63. The van der Waals surface area contributed by atoms with Gasteiger partial charge < -0.3 is 0 Å². The fourth-order valence-corrected chi connectivity index (χ4v) is 1.84. The lowest BCUT2D eigenvalue weighted by Gasteiger charge is -2.14. The van der Waals surface area contributed by atoms with Crippen molar-refractivity contribution < 1.29 is 0 Å². The molecule has 2 aromatic rings. The summed E-state index contributed by atoms with van der Waals surface area (Å²) in [5, 5.41) is 4.35. The predicted octanol–water partition coefficient (Wildman–Crippen LogP) is 2.94. The molecule has 88 valence electrons. The van der Waals surface area contributed by atoms with E-state index in [4.69, 9.17) is 0 Å². The van der Waals surface area contributed by atoms with Crippen molar-refractivity contribution in [1.29, 1.82) is 0 Å². The molecule has 2 rings (SSSR count). The van der Waals surface area contributed by atoms with E-state index in [1.165, 1.54) is 0 Å². The van der Waals surface area contributed by atoms with Crippen LogP contribution in [0.2, 0.25) is 0 Å². The number of rotatable bonds is 0. The van der Waals surface area contributed by atoms with Gasteiger partial charge in [-0.05, 0) is 49.1 Å². The van der Waals surface area contributed by atoms with Crippen LogP contribution in [0.4, 0.5) is 0 Å². The second-order valence-electron chi connectivity index (χ2n) is 4.75. The lowest BCUT2D eigenvalue weighted by Crippen LogP contribution is -1.89. The molecule has 0 aliphatic rings. The van der Waals surface area contributed by atoms with Crippen LogP contribution in [0.1, 0.15) is 11.4 Å². The lowest BCUT2D eigenvalue weighted by molar-refractivity contribution is 1.09. The van der Waals surface area contributed by atoms with E-state index >= 15 is 0 Å². The Kier molecular flexibility index (Phi) is 3.08. The van der Waals surface area contributed by atoms with E-state index in [9.17, 15) is 0 Å². The molecular weight excluding hydrogens is 228 g/mol. The van der Waals surface area contributed by atoms with Crippen LogP contribution in [0.3, 0.4) is 0 Å². The summed E-state index contributed by atoms with van der Waals surface area (Å²) in [5.74, 6) is 4.02. The molecule has 1 heterocycles. The van der Waals surface area contributed by atoms with E-state index in [-0.39, 0.29) is 0 Å². The molecule has 0 spiro atoms. The first-order valence-electron chi connectivity index (χ1n) is 5.38. The van der Waals surface area contributed by atoms with Gasteiger partial charge in [0.15, 0.2) is 0 Å². The van der Waals surface area contributed by atoms with Crippen molar-refractivity contribution in [3.05, 3.63) is 35.8 Å². The summed E-state index contributed by atoms with van der Waals surface area (Å²) in [7, 11) is -0.775. The minimum atomic E-state index is -0.775. The van der Waals surface area contributed by atoms with E-state index < -0.39 is 10.0 Å². The molecule has 0 aliphatic carbocycles. The number of nitrogens with zero attached hydrogens (tertiary/aromatic N) is 2. The Labute approximate surface area is 104 Å². The summed E-state index contributed by atoms with van der Waals surface area (Å²) in [4.78, 5) is 8.57. The molecule has 2 nitrogen and oxygen atoms in total. The molecule has 0 bridgehead atoms. The number of fused-ring (bicyclic) bond motifs is 1. The summed E-state index contributed by atoms with van der Waals surface area (Å²) in [6.07, 6.45) is 8.42. The first-order valence-corrected chi connectivity index (χ1v) is 8.24. The highest BCUT2D eigenvalue weighted by Crippen LogP contribution is 2.32. The molecule has 0 saturated heterocycles. The van der Waals surface area contributed by atoms with E-state index in [1.54, 1.807) is 0 Å².